The summed E-state index contributed by atoms with van der Waals surface area (Å²) < 4.78 is 36.9. The van der Waals surface area contributed by atoms with E-state index in [9.17, 15) is 18.0 Å². The molecule has 2 saturated carbocycles. The maximum Gasteiger partial charge on any atom is 0.248 e. The highest BCUT2D eigenvalue weighted by atomic mass is 32.2. The summed E-state index contributed by atoms with van der Waals surface area (Å²) in [6.07, 6.45) is 15.4. The number of ether oxygens (including phenoxy) is 2. The zero-order valence-corrected chi connectivity index (χ0v) is 36.9. The summed E-state index contributed by atoms with van der Waals surface area (Å²) in [4.78, 5) is 45.6. The minimum atomic E-state index is -3.43. The molecule has 64 heavy (non-hydrogen) atoms. The summed E-state index contributed by atoms with van der Waals surface area (Å²) in [6, 6.07) is 19.8. The minimum Gasteiger partial charge on any atom is -0.378 e. The Morgan fingerprint density at radius 3 is 1.62 bits per heavy atom. The molecular formula is C45H56N12O6S. The molecule has 0 atom stereocenters. The van der Waals surface area contributed by atoms with Gasteiger partial charge in [-0.25, -0.2) is 27.7 Å². The third-order valence-corrected chi connectivity index (χ3v) is 13.0. The van der Waals surface area contributed by atoms with Crippen LogP contribution >= 0.6 is 0 Å². The van der Waals surface area contributed by atoms with Gasteiger partial charge in [0.25, 0.3) is 0 Å². The first kappa shape index (κ1) is 44.7. The monoisotopic (exact) mass is 892 g/mol. The van der Waals surface area contributed by atoms with E-state index in [1.807, 2.05) is 75.3 Å². The number of para-hydroxylation sites is 2. The Morgan fingerprint density at radius 1 is 0.641 bits per heavy atom. The molecule has 6 heterocycles. The number of nitrogens with zero attached hydrogens (tertiary/aromatic N) is 10. The molecule has 18 nitrogen and oxygen atoms in total. The summed E-state index contributed by atoms with van der Waals surface area (Å²) in [5, 5.41) is 14.0. The van der Waals surface area contributed by atoms with Crippen LogP contribution in [0.15, 0.2) is 90.6 Å². The number of carbonyl (C=O) groups is 2. The Labute approximate surface area is 372 Å². The number of anilines is 1. The van der Waals surface area contributed by atoms with Crippen molar-refractivity contribution in [3.8, 4) is 11.6 Å². The van der Waals surface area contributed by atoms with Crippen LogP contribution in [-0.4, -0.2) is 140 Å². The number of morpholine rings is 2. The molecule has 0 spiro atoms. The van der Waals surface area contributed by atoms with Crippen LogP contribution in [0.5, 0.6) is 0 Å². The van der Waals surface area contributed by atoms with Crippen LogP contribution in [0.4, 0.5) is 5.95 Å². The van der Waals surface area contributed by atoms with Crippen molar-refractivity contribution in [2.75, 3.05) is 64.2 Å². The lowest BCUT2D eigenvalue weighted by Crippen LogP contribution is -2.45. The molecule has 2 aromatic carbocycles. The Bertz CT molecular complexity index is 2610. The lowest BCUT2D eigenvalue weighted by molar-refractivity contribution is -0.141. The number of hydrogen-bond acceptors (Lipinski definition) is 14. The number of aromatic nitrogens is 8. The number of benzene rings is 2. The number of hydrogen-bond donors (Lipinski definition) is 2. The van der Waals surface area contributed by atoms with Crippen molar-refractivity contribution >= 4 is 49.4 Å². The molecule has 3 N–H and O–H groups in total. The third kappa shape index (κ3) is 11.1. The van der Waals surface area contributed by atoms with Crippen LogP contribution in [0.3, 0.4) is 0 Å². The zero-order valence-electron chi connectivity index (χ0n) is 36.1. The van der Waals surface area contributed by atoms with E-state index in [-0.39, 0.29) is 23.0 Å². The molecule has 2 saturated heterocycles. The predicted molar refractivity (Wildman–Crippen MR) is 241 cm³/mol. The fourth-order valence-electron chi connectivity index (χ4n) is 8.59. The Kier molecular flexibility index (Phi) is 14.5. The summed E-state index contributed by atoms with van der Waals surface area (Å²) in [5.74, 6) is 2.74. The smallest absolute Gasteiger partial charge is 0.248 e. The van der Waals surface area contributed by atoms with Gasteiger partial charge in [-0.1, -0.05) is 36.4 Å². The summed E-state index contributed by atoms with van der Waals surface area (Å²) in [7, 11) is -3.43. The number of fused-ring (bicyclic) bond motifs is 2. The van der Waals surface area contributed by atoms with E-state index in [2.05, 4.69) is 35.5 Å². The fraction of sp³-hybridized carbons (Fsp3) is 0.467. The molecule has 4 fully saturated rings. The van der Waals surface area contributed by atoms with Crippen LogP contribution in [0.2, 0.25) is 0 Å². The van der Waals surface area contributed by atoms with Gasteiger partial charge in [0, 0.05) is 91.7 Å². The highest BCUT2D eigenvalue weighted by Crippen LogP contribution is 2.29. The first-order chi connectivity index (χ1) is 31.1. The molecule has 10 rings (SSSR count). The molecule has 2 amide bonds. The van der Waals surface area contributed by atoms with Gasteiger partial charge >= 0.3 is 0 Å². The molecular weight excluding hydrogens is 837 g/mol. The van der Waals surface area contributed by atoms with Crippen molar-refractivity contribution in [2.45, 2.75) is 68.6 Å². The van der Waals surface area contributed by atoms with Gasteiger partial charge in [-0.3, -0.25) is 9.59 Å². The van der Waals surface area contributed by atoms with Gasteiger partial charge < -0.3 is 30.3 Å². The summed E-state index contributed by atoms with van der Waals surface area (Å²) in [5.41, 5.74) is 7.71. The molecule has 0 radical (unpaired) electrons. The average Bonchev–Trinajstić information content (AvgIpc) is 3.98. The van der Waals surface area contributed by atoms with E-state index in [1.165, 1.54) is 6.20 Å². The molecule has 2 aliphatic heterocycles. The topological polar surface area (TPSA) is 218 Å². The third-order valence-electron chi connectivity index (χ3n) is 12.2. The van der Waals surface area contributed by atoms with Crippen molar-refractivity contribution in [2.24, 2.45) is 17.6 Å². The summed E-state index contributed by atoms with van der Waals surface area (Å²) >= 11 is 0. The molecule has 2 aliphatic carbocycles. The first-order valence-electron chi connectivity index (χ1n) is 22.1. The van der Waals surface area contributed by atoms with Crippen molar-refractivity contribution in [1.82, 2.24) is 49.3 Å². The minimum absolute atomic E-state index is 0.129. The van der Waals surface area contributed by atoms with E-state index in [0.29, 0.717) is 56.0 Å². The Morgan fingerprint density at radius 2 is 1.11 bits per heavy atom. The number of nitrogens with one attached hydrogen (secondary N) is 1. The van der Waals surface area contributed by atoms with Gasteiger partial charge in [-0.15, -0.1) is 0 Å². The van der Waals surface area contributed by atoms with Gasteiger partial charge in [0.15, 0.2) is 11.6 Å². The fourth-order valence-corrected chi connectivity index (χ4v) is 9.10. The van der Waals surface area contributed by atoms with E-state index >= 15 is 0 Å². The quantitative estimate of drug-likeness (QED) is 0.215. The van der Waals surface area contributed by atoms with Gasteiger partial charge in [-0.2, -0.15) is 20.2 Å². The van der Waals surface area contributed by atoms with E-state index in [1.54, 1.807) is 23.1 Å². The van der Waals surface area contributed by atoms with E-state index in [0.717, 1.165) is 111 Å². The molecule has 19 heteroatoms. The molecule has 0 bridgehead atoms. The second-order valence-electron chi connectivity index (χ2n) is 16.6. The lowest BCUT2D eigenvalue weighted by Gasteiger charge is -2.34. The van der Waals surface area contributed by atoms with Crippen LogP contribution in [0, 0.1) is 11.8 Å². The number of amides is 2. The maximum absolute atomic E-state index is 12.7. The van der Waals surface area contributed by atoms with Crippen molar-refractivity contribution in [1.29, 1.82) is 0 Å². The van der Waals surface area contributed by atoms with Crippen LogP contribution in [0.25, 0.3) is 33.4 Å². The number of rotatable bonds is 7. The van der Waals surface area contributed by atoms with Gasteiger partial charge in [0.2, 0.25) is 32.8 Å². The van der Waals surface area contributed by atoms with E-state index in [4.69, 9.17) is 15.2 Å². The highest BCUT2D eigenvalue weighted by Gasteiger charge is 2.31. The maximum atomic E-state index is 12.7. The largest absolute Gasteiger partial charge is 0.378 e. The molecule has 0 unspecified atom stereocenters. The second kappa shape index (κ2) is 20.7. The Balaban J connectivity index is 0.000000141. The van der Waals surface area contributed by atoms with Gasteiger partial charge in [-0.05, 0) is 63.5 Å². The van der Waals surface area contributed by atoms with Crippen LogP contribution in [0.1, 0.15) is 51.4 Å². The molecule has 4 aromatic heterocycles. The van der Waals surface area contributed by atoms with Crippen LogP contribution < -0.4 is 11.1 Å². The van der Waals surface area contributed by atoms with Crippen LogP contribution in [-0.2, 0) is 28.9 Å². The van der Waals surface area contributed by atoms with Gasteiger partial charge in [0.05, 0.1) is 49.9 Å². The Hall–Kier alpha value is -5.89. The zero-order chi connectivity index (χ0) is 44.5. The van der Waals surface area contributed by atoms with E-state index < -0.39 is 9.84 Å². The van der Waals surface area contributed by atoms with Crippen molar-refractivity contribution < 1.29 is 27.5 Å². The molecule has 338 valence electrons. The van der Waals surface area contributed by atoms with Crippen molar-refractivity contribution in [3.05, 3.63) is 85.5 Å². The number of carbonyl (C=O) groups excluding carboxylic acids is 2. The number of sulfone groups is 1. The predicted octanol–water partition coefficient (Wildman–Crippen LogP) is 4.23. The average molecular weight is 893 g/mol. The van der Waals surface area contributed by atoms with Gasteiger partial charge in [0.1, 0.15) is 0 Å². The SMILES string of the molecule is CS(=O)(=O)c1nccc(-n2ncc3ccccc32)n1.NC1CCC(C(=O)N2CCOCC2)CC1.O=C(C1CCC(Nc2nccc(-n3ncc4ccccc43)n2)CC1)N1CCOCC1. The lowest BCUT2D eigenvalue weighted by atomic mass is 9.85. The highest BCUT2D eigenvalue weighted by molar-refractivity contribution is 7.90. The molecule has 6 aromatic rings. The normalized spacial score (nSPS) is 21.6. The number of nitrogens with two attached hydrogens (primary N) is 1. The first-order valence-corrected chi connectivity index (χ1v) is 24.0. The standard InChI is InChI=1S/C22H26N6O2.C12H10N4O2S.C11H20N2O2/c29-21(27-11-13-30-14-12-27)16-5-7-18(8-6-16)25-22-23-10-9-20(26-22)28-19-4-2-1-3-17(19)15-24-28;1-19(17,18)12-13-7-6-11(15-12)16-10-5-3-2-4-9(10)8-14-16;12-10-3-1-9(2-4-10)11(14)13-5-7-15-8-6-13/h1-4,9-10,15-16,18H,5-8,11-14H2,(H,23,25,26);2-8H,1H3;9-10H,1-8,12H2. The molecule has 4 aliphatic rings. The summed E-state index contributed by atoms with van der Waals surface area (Å²) in [6.45, 7) is 5.67. The van der Waals surface area contributed by atoms with Crippen molar-refractivity contribution in [3.63, 3.8) is 0 Å². The second-order valence-corrected chi connectivity index (χ2v) is 18.5.